The second-order valence-corrected chi connectivity index (χ2v) is 9.93. The number of carbonyl (C=O) groups excluding carboxylic acids is 2. The molecule has 3 rings (SSSR count). The third-order valence-electron chi connectivity index (χ3n) is 5.30. The van der Waals surface area contributed by atoms with Crippen molar-refractivity contribution in [2.24, 2.45) is 0 Å². The summed E-state index contributed by atoms with van der Waals surface area (Å²) >= 11 is 20.4. The molecule has 5 nitrogen and oxygen atoms in total. The highest BCUT2D eigenvalue weighted by Crippen LogP contribution is 2.41. The van der Waals surface area contributed by atoms with Gasteiger partial charge in [0.15, 0.2) is 0 Å². The molecular weight excluding hydrogens is 479 g/mol. The van der Waals surface area contributed by atoms with E-state index < -0.39 is 5.38 Å². The zero-order chi connectivity index (χ0) is 22.5. The smallest absolute Gasteiger partial charge is 0.242 e. The number of hydrogen-bond donors (Lipinski definition) is 0. The first kappa shape index (κ1) is 24.3. The number of ether oxygens (including phenoxy) is 1. The summed E-state index contributed by atoms with van der Waals surface area (Å²) in [7, 11) is 1.61. The van der Waals surface area contributed by atoms with Gasteiger partial charge in [-0.05, 0) is 54.5 Å². The summed E-state index contributed by atoms with van der Waals surface area (Å²) in [6.07, 6.45) is 1.39. The normalized spacial score (nSPS) is 16.7. The van der Waals surface area contributed by atoms with Crippen LogP contribution in [0, 0.1) is 0 Å². The van der Waals surface area contributed by atoms with Crippen molar-refractivity contribution >= 4 is 58.0 Å². The fourth-order valence-corrected chi connectivity index (χ4v) is 5.37. The molecule has 0 radical (unpaired) electrons. The van der Waals surface area contributed by atoms with Crippen LogP contribution < -0.4 is 0 Å². The predicted molar refractivity (Wildman–Crippen MR) is 126 cm³/mol. The van der Waals surface area contributed by atoms with Crippen LogP contribution in [0.5, 0.6) is 0 Å². The standard InChI is InChI=1S/C22H25Cl3N2O3S/c1-14(23)22(29)26(8-3-10-30-2)13-20(28)27-9-6-19-17(7-11-31-19)21(27)16-5-4-15(24)12-18(16)25/h4-5,7,11-12,14,21H,3,6,8-10,13H2,1-2H3. The number of methoxy groups -OCH3 is 1. The second-order valence-electron chi connectivity index (χ2n) is 7.43. The summed E-state index contributed by atoms with van der Waals surface area (Å²) in [5, 5.41) is 2.38. The Morgan fingerprint density at radius 1 is 1.29 bits per heavy atom. The highest BCUT2D eigenvalue weighted by molar-refractivity contribution is 7.10. The van der Waals surface area contributed by atoms with Crippen molar-refractivity contribution in [3.63, 3.8) is 0 Å². The minimum absolute atomic E-state index is 0.0409. The van der Waals surface area contributed by atoms with Gasteiger partial charge >= 0.3 is 0 Å². The SMILES string of the molecule is COCCCN(CC(=O)N1CCc2sccc2C1c1ccc(Cl)cc1Cl)C(=O)C(C)Cl. The molecule has 1 aliphatic rings. The average Bonchev–Trinajstić information content (AvgIpc) is 3.21. The van der Waals surface area contributed by atoms with Gasteiger partial charge in [0.25, 0.3) is 0 Å². The Morgan fingerprint density at radius 3 is 2.74 bits per heavy atom. The molecule has 31 heavy (non-hydrogen) atoms. The molecule has 2 heterocycles. The molecule has 1 aromatic heterocycles. The maximum atomic E-state index is 13.5. The molecule has 0 bridgehead atoms. The average molecular weight is 504 g/mol. The third-order valence-corrected chi connectivity index (χ3v) is 7.04. The number of alkyl halides is 1. The van der Waals surface area contributed by atoms with E-state index in [0.29, 0.717) is 36.2 Å². The van der Waals surface area contributed by atoms with E-state index in [1.165, 1.54) is 9.78 Å². The van der Waals surface area contributed by atoms with Crippen LogP contribution in [-0.4, -0.2) is 60.3 Å². The van der Waals surface area contributed by atoms with E-state index in [-0.39, 0.29) is 24.4 Å². The molecule has 2 aromatic rings. The Labute approximate surface area is 201 Å². The second kappa shape index (κ2) is 11.0. The Morgan fingerprint density at radius 2 is 2.06 bits per heavy atom. The Kier molecular flexibility index (Phi) is 8.65. The number of fused-ring (bicyclic) bond motifs is 1. The predicted octanol–water partition coefficient (Wildman–Crippen LogP) is 5.02. The van der Waals surface area contributed by atoms with Crippen LogP contribution in [0.2, 0.25) is 10.0 Å². The van der Waals surface area contributed by atoms with Gasteiger partial charge in [-0.3, -0.25) is 9.59 Å². The first-order chi connectivity index (χ1) is 14.8. The van der Waals surface area contributed by atoms with Crippen LogP contribution in [-0.2, 0) is 20.7 Å². The fraction of sp³-hybridized carbons (Fsp3) is 0.455. The lowest BCUT2D eigenvalue weighted by Gasteiger charge is -2.38. The number of hydrogen-bond acceptors (Lipinski definition) is 4. The maximum Gasteiger partial charge on any atom is 0.242 e. The lowest BCUT2D eigenvalue weighted by atomic mass is 9.93. The van der Waals surface area contributed by atoms with Crippen LogP contribution >= 0.6 is 46.1 Å². The minimum atomic E-state index is -0.707. The van der Waals surface area contributed by atoms with Gasteiger partial charge in [-0.1, -0.05) is 29.3 Å². The van der Waals surface area contributed by atoms with E-state index >= 15 is 0 Å². The molecule has 1 aliphatic heterocycles. The highest BCUT2D eigenvalue weighted by atomic mass is 35.5. The Balaban J connectivity index is 1.89. The van der Waals surface area contributed by atoms with Crippen molar-refractivity contribution in [1.29, 1.82) is 0 Å². The molecule has 0 saturated heterocycles. The van der Waals surface area contributed by atoms with E-state index in [9.17, 15) is 9.59 Å². The molecule has 0 spiro atoms. The summed E-state index contributed by atoms with van der Waals surface area (Å²) in [4.78, 5) is 30.6. The third kappa shape index (κ3) is 5.74. The van der Waals surface area contributed by atoms with Crippen LogP contribution in [0.3, 0.4) is 0 Å². The van der Waals surface area contributed by atoms with E-state index in [1.54, 1.807) is 42.4 Å². The number of rotatable bonds is 8. The van der Waals surface area contributed by atoms with Gasteiger partial charge in [0, 0.05) is 41.7 Å². The molecule has 2 amide bonds. The topological polar surface area (TPSA) is 49.9 Å². The highest BCUT2D eigenvalue weighted by Gasteiger charge is 2.35. The number of benzene rings is 1. The van der Waals surface area contributed by atoms with Crippen molar-refractivity contribution in [3.8, 4) is 0 Å². The summed E-state index contributed by atoms with van der Waals surface area (Å²) in [5.41, 5.74) is 1.89. The van der Waals surface area contributed by atoms with Crippen LogP contribution in [0.4, 0.5) is 0 Å². The molecule has 0 fully saturated rings. The summed E-state index contributed by atoms with van der Waals surface area (Å²) < 4.78 is 5.09. The van der Waals surface area contributed by atoms with Crippen LogP contribution in [0.1, 0.15) is 35.4 Å². The van der Waals surface area contributed by atoms with E-state index in [2.05, 4.69) is 0 Å². The van der Waals surface area contributed by atoms with Crippen molar-refractivity contribution in [2.75, 3.05) is 33.4 Å². The van der Waals surface area contributed by atoms with Gasteiger partial charge in [0.05, 0.1) is 12.6 Å². The Hall–Kier alpha value is -1.31. The minimum Gasteiger partial charge on any atom is -0.385 e. The van der Waals surface area contributed by atoms with Gasteiger partial charge in [-0.15, -0.1) is 22.9 Å². The quantitative estimate of drug-likeness (QED) is 0.375. The van der Waals surface area contributed by atoms with Crippen molar-refractivity contribution in [1.82, 2.24) is 9.80 Å². The van der Waals surface area contributed by atoms with Gasteiger partial charge in [0.1, 0.15) is 5.38 Å². The number of halogens is 3. The fourth-order valence-electron chi connectivity index (χ4n) is 3.82. The first-order valence-electron chi connectivity index (χ1n) is 10.1. The summed E-state index contributed by atoms with van der Waals surface area (Å²) in [6.45, 7) is 3.03. The summed E-state index contributed by atoms with van der Waals surface area (Å²) in [5.74, 6) is -0.406. The van der Waals surface area contributed by atoms with Gasteiger partial charge in [0.2, 0.25) is 11.8 Å². The zero-order valence-corrected chi connectivity index (χ0v) is 20.5. The lowest BCUT2D eigenvalue weighted by molar-refractivity contribution is -0.141. The van der Waals surface area contributed by atoms with Gasteiger partial charge in [-0.2, -0.15) is 0 Å². The van der Waals surface area contributed by atoms with Crippen molar-refractivity contribution in [2.45, 2.75) is 31.2 Å². The molecule has 2 atom stereocenters. The summed E-state index contributed by atoms with van der Waals surface area (Å²) in [6, 6.07) is 7.05. The van der Waals surface area contributed by atoms with E-state index in [0.717, 1.165) is 17.5 Å². The molecule has 0 N–H and O–H groups in total. The molecule has 0 aliphatic carbocycles. The first-order valence-corrected chi connectivity index (χ1v) is 12.1. The Bertz CT molecular complexity index is 934. The van der Waals surface area contributed by atoms with Crippen LogP contribution in [0.15, 0.2) is 29.6 Å². The molecule has 0 saturated carbocycles. The number of carbonyl (C=O) groups is 2. The lowest BCUT2D eigenvalue weighted by Crippen LogP contribution is -2.48. The molecular formula is C22H25Cl3N2O3S. The number of thiophene rings is 1. The van der Waals surface area contributed by atoms with E-state index in [1.807, 2.05) is 17.5 Å². The maximum absolute atomic E-state index is 13.5. The van der Waals surface area contributed by atoms with Gasteiger partial charge < -0.3 is 14.5 Å². The zero-order valence-electron chi connectivity index (χ0n) is 17.4. The number of amides is 2. The molecule has 1 aromatic carbocycles. The largest absolute Gasteiger partial charge is 0.385 e. The monoisotopic (exact) mass is 502 g/mol. The van der Waals surface area contributed by atoms with Crippen molar-refractivity contribution < 1.29 is 14.3 Å². The van der Waals surface area contributed by atoms with E-state index in [4.69, 9.17) is 39.5 Å². The molecule has 9 heteroatoms. The molecule has 2 unspecified atom stereocenters. The number of nitrogens with zero attached hydrogens (tertiary/aromatic N) is 2. The van der Waals surface area contributed by atoms with Gasteiger partial charge in [-0.25, -0.2) is 0 Å². The van der Waals surface area contributed by atoms with Crippen molar-refractivity contribution in [3.05, 3.63) is 55.7 Å². The van der Waals surface area contributed by atoms with Crippen LogP contribution in [0.25, 0.3) is 0 Å². The molecule has 168 valence electrons.